The summed E-state index contributed by atoms with van der Waals surface area (Å²) in [4.78, 5) is 4.44. The van der Waals surface area contributed by atoms with Gasteiger partial charge >= 0.3 is 0 Å². The van der Waals surface area contributed by atoms with E-state index in [0.717, 1.165) is 18.0 Å². The van der Waals surface area contributed by atoms with Gasteiger partial charge in [-0.15, -0.1) is 0 Å². The smallest absolute Gasteiger partial charge is 0.243 e. The van der Waals surface area contributed by atoms with Crippen molar-refractivity contribution in [2.24, 2.45) is 0 Å². The van der Waals surface area contributed by atoms with E-state index in [2.05, 4.69) is 42.3 Å². The van der Waals surface area contributed by atoms with E-state index >= 15 is 0 Å². The van der Waals surface area contributed by atoms with Crippen LogP contribution in [0, 0.1) is 0 Å². The van der Waals surface area contributed by atoms with E-state index in [4.69, 9.17) is 9.26 Å². The Hall–Kier alpha value is -1.88. The summed E-state index contributed by atoms with van der Waals surface area (Å²) in [6.45, 7) is 8.28. The monoisotopic (exact) mass is 303 g/mol. The molecule has 5 heteroatoms. The molecular formula is C17H25N3O2. The van der Waals surface area contributed by atoms with Crippen molar-refractivity contribution in [2.75, 3.05) is 7.11 Å². The lowest BCUT2D eigenvalue weighted by Crippen LogP contribution is -2.31. The van der Waals surface area contributed by atoms with Gasteiger partial charge in [0, 0.05) is 12.0 Å². The zero-order valence-corrected chi connectivity index (χ0v) is 14.0. The van der Waals surface area contributed by atoms with Crippen LogP contribution in [-0.2, 0) is 6.42 Å². The second kappa shape index (κ2) is 7.40. The molecular weight excluding hydrogens is 278 g/mol. The van der Waals surface area contributed by atoms with E-state index in [-0.39, 0.29) is 18.0 Å². The predicted octanol–water partition coefficient (Wildman–Crippen LogP) is 3.48. The van der Waals surface area contributed by atoms with E-state index < -0.39 is 0 Å². The van der Waals surface area contributed by atoms with Gasteiger partial charge in [0.15, 0.2) is 5.82 Å². The third-order valence-corrected chi connectivity index (χ3v) is 3.60. The van der Waals surface area contributed by atoms with Crippen LogP contribution in [0.2, 0.25) is 0 Å². The van der Waals surface area contributed by atoms with Crippen LogP contribution in [0.5, 0.6) is 5.75 Å². The third kappa shape index (κ3) is 4.07. The summed E-state index contributed by atoms with van der Waals surface area (Å²) in [6, 6.07) is 8.37. The highest BCUT2D eigenvalue weighted by Crippen LogP contribution is 2.20. The summed E-state index contributed by atoms with van der Waals surface area (Å²) in [6.07, 6.45) is 0.875. The molecule has 22 heavy (non-hydrogen) atoms. The van der Waals surface area contributed by atoms with Crippen molar-refractivity contribution >= 4 is 0 Å². The van der Waals surface area contributed by atoms with Crippen molar-refractivity contribution in [1.29, 1.82) is 0 Å². The first-order chi connectivity index (χ1) is 10.5. The van der Waals surface area contributed by atoms with Crippen LogP contribution in [0.4, 0.5) is 0 Å². The molecule has 0 saturated carbocycles. The van der Waals surface area contributed by atoms with Gasteiger partial charge in [0.25, 0.3) is 0 Å². The van der Waals surface area contributed by atoms with Gasteiger partial charge in [0.05, 0.1) is 13.2 Å². The van der Waals surface area contributed by atoms with Gasteiger partial charge in [-0.3, -0.25) is 0 Å². The molecule has 0 saturated heterocycles. The molecule has 0 aliphatic rings. The maximum atomic E-state index is 5.40. The Labute approximate surface area is 132 Å². The van der Waals surface area contributed by atoms with Crippen molar-refractivity contribution < 1.29 is 9.26 Å². The normalized spacial score (nSPS) is 14.1. The molecule has 2 atom stereocenters. The molecule has 0 amide bonds. The number of ether oxygens (including phenoxy) is 1. The Balaban J connectivity index is 1.97. The summed E-state index contributed by atoms with van der Waals surface area (Å²) in [5.74, 6) is 2.58. The van der Waals surface area contributed by atoms with E-state index in [9.17, 15) is 0 Å². The Morgan fingerprint density at radius 3 is 2.55 bits per heavy atom. The maximum Gasteiger partial charge on any atom is 0.243 e. The molecule has 0 fully saturated rings. The van der Waals surface area contributed by atoms with Crippen LogP contribution < -0.4 is 10.1 Å². The van der Waals surface area contributed by atoms with Crippen molar-refractivity contribution in [1.82, 2.24) is 15.5 Å². The highest BCUT2D eigenvalue weighted by atomic mass is 16.5. The first-order valence-electron chi connectivity index (χ1n) is 7.72. The Kier molecular flexibility index (Phi) is 5.55. The lowest BCUT2D eigenvalue weighted by atomic mass is 10.1. The minimum Gasteiger partial charge on any atom is -0.496 e. The number of benzene rings is 1. The molecule has 5 nitrogen and oxygen atoms in total. The lowest BCUT2D eigenvalue weighted by Gasteiger charge is -2.18. The molecule has 1 heterocycles. The Bertz CT molecular complexity index is 595. The molecule has 120 valence electrons. The van der Waals surface area contributed by atoms with Crippen molar-refractivity contribution in [2.45, 2.75) is 52.1 Å². The average Bonchev–Trinajstić information content (AvgIpc) is 2.98. The van der Waals surface area contributed by atoms with Crippen molar-refractivity contribution in [3.05, 3.63) is 41.5 Å². The standard InChI is InChI=1S/C17H25N3O2/c1-11(2)16-19-17(22-20-16)13(4)18-12(3)10-14-8-6-7-9-15(14)21-5/h6-9,11-13,18H,10H2,1-5H3/t12-,13-/m1/s1. The highest BCUT2D eigenvalue weighted by Gasteiger charge is 2.18. The minimum atomic E-state index is 0.0182. The molecule has 0 aliphatic heterocycles. The Morgan fingerprint density at radius 1 is 1.18 bits per heavy atom. The second-order valence-electron chi connectivity index (χ2n) is 5.95. The molecule has 0 unspecified atom stereocenters. The van der Waals surface area contributed by atoms with E-state index in [0.29, 0.717) is 5.89 Å². The molecule has 1 N–H and O–H groups in total. The number of nitrogens with one attached hydrogen (secondary N) is 1. The second-order valence-corrected chi connectivity index (χ2v) is 5.95. The summed E-state index contributed by atoms with van der Waals surface area (Å²) >= 11 is 0. The summed E-state index contributed by atoms with van der Waals surface area (Å²) in [7, 11) is 1.70. The molecule has 2 aromatic rings. The minimum absolute atomic E-state index is 0.0182. The summed E-state index contributed by atoms with van der Waals surface area (Å²) < 4.78 is 10.7. The molecule has 1 aromatic carbocycles. The summed E-state index contributed by atoms with van der Waals surface area (Å²) in [5, 5.41) is 7.51. The molecule has 0 spiro atoms. The van der Waals surface area contributed by atoms with Crippen molar-refractivity contribution in [3.8, 4) is 5.75 Å². The first-order valence-corrected chi connectivity index (χ1v) is 7.72. The predicted molar refractivity (Wildman–Crippen MR) is 86.1 cm³/mol. The van der Waals surface area contributed by atoms with Gasteiger partial charge in [-0.05, 0) is 31.9 Å². The van der Waals surface area contributed by atoms with Gasteiger partial charge in [-0.1, -0.05) is 37.2 Å². The fourth-order valence-electron chi connectivity index (χ4n) is 2.42. The van der Waals surface area contributed by atoms with E-state index in [1.54, 1.807) is 7.11 Å². The Morgan fingerprint density at radius 2 is 1.91 bits per heavy atom. The van der Waals surface area contributed by atoms with Crippen LogP contribution in [0.1, 0.15) is 56.9 Å². The summed E-state index contributed by atoms with van der Waals surface area (Å²) in [5.41, 5.74) is 1.19. The van der Waals surface area contributed by atoms with Gasteiger partial charge in [0.1, 0.15) is 5.75 Å². The van der Waals surface area contributed by atoms with Gasteiger partial charge in [-0.2, -0.15) is 4.98 Å². The number of para-hydroxylation sites is 1. The SMILES string of the molecule is COc1ccccc1C[C@@H](C)N[C@H](C)c1nc(C(C)C)no1. The number of rotatable bonds is 7. The van der Waals surface area contributed by atoms with Gasteiger partial charge < -0.3 is 14.6 Å². The highest BCUT2D eigenvalue weighted by molar-refractivity contribution is 5.33. The van der Waals surface area contributed by atoms with Crippen LogP contribution in [-0.4, -0.2) is 23.3 Å². The lowest BCUT2D eigenvalue weighted by molar-refractivity contribution is 0.322. The van der Waals surface area contributed by atoms with Gasteiger partial charge in [-0.25, -0.2) is 0 Å². The van der Waals surface area contributed by atoms with Gasteiger partial charge in [0.2, 0.25) is 5.89 Å². The number of aromatic nitrogens is 2. The zero-order chi connectivity index (χ0) is 16.1. The first kappa shape index (κ1) is 16.5. The number of hydrogen-bond acceptors (Lipinski definition) is 5. The molecule has 1 aromatic heterocycles. The van der Waals surface area contributed by atoms with Crippen LogP contribution in [0.15, 0.2) is 28.8 Å². The molecule has 0 radical (unpaired) electrons. The topological polar surface area (TPSA) is 60.2 Å². The number of nitrogens with zero attached hydrogens (tertiary/aromatic N) is 2. The molecule has 0 aliphatic carbocycles. The number of methoxy groups -OCH3 is 1. The molecule has 2 rings (SSSR count). The van der Waals surface area contributed by atoms with Crippen LogP contribution in [0.3, 0.4) is 0 Å². The maximum absolute atomic E-state index is 5.40. The quantitative estimate of drug-likeness (QED) is 0.848. The van der Waals surface area contributed by atoms with E-state index in [1.165, 1.54) is 5.56 Å². The largest absolute Gasteiger partial charge is 0.496 e. The van der Waals surface area contributed by atoms with Crippen LogP contribution >= 0.6 is 0 Å². The van der Waals surface area contributed by atoms with E-state index in [1.807, 2.05) is 25.1 Å². The number of hydrogen-bond donors (Lipinski definition) is 1. The fourth-order valence-corrected chi connectivity index (χ4v) is 2.42. The van der Waals surface area contributed by atoms with Crippen LogP contribution in [0.25, 0.3) is 0 Å². The van der Waals surface area contributed by atoms with Crippen molar-refractivity contribution in [3.63, 3.8) is 0 Å². The average molecular weight is 303 g/mol. The third-order valence-electron chi connectivity index (χ3n) is 3.60. The fraction of sp³-hybridized carbons (Fsp3) is 0.529. The zero-order valence-electron chi connectivity index (χ0n) is 14.0. The molecule has 0 bridgehead atoms.